The Labute approximate surface area is 134 Å². The van der Waals surface area contributed by atoms with Gasteiger partial charge in [0.25, 0.3) is 5.91 Å². The Kier molecular flexibility index (Phi) is 4.43. The van der Waals surface area contributed by atoms with Crippen molar-refractivity contribution in [1.29, 1.82) is 0 Å². The van der Waals surface area contributed by atoms with E-state index in [1.165, 1.54) is 0 Å². The number of benzene rings is 1. The Hall–Kier alpha value is -2.60. The summed E-state index contributed by atoms with van der Waals surface area (Å²) in [5.74, 6) is 0.505. The number of aromatic nitrogens is 2. The van der Waals surface area contributed by atoms with E-state index in [-0.39, 0.29) is 5.91 Å². The van der Waals surface area contributed by atoms with Crippen LogP contribution in [0.2, 0.25) is 0 Å². The smallest absolute Gasteiger partial charge is 0.253 e. The van der Waals surface area contributed by atoms with Gasteiger partial charge in [0.2, 0.25) is 0 Å². The lowest BCUT2D eigenvalue weighted by molar-refractivity contribution is 0.0948. The van der Waals surface area contributed by atoms with E-state index < -0.39 is 0 Å². The molecule has 0 aliphatic rings. The van der Waals surface area contributed by atoms with Crippen molar-refractivity contribution in [2.24, 2.45) is 0 Å². The van der Waals surface area contributed by atoms with Gasteiger partial charge in [-0.05, 0) is 13.0 Å². The van der Waals surface area contributed by atoms with Gasteiger partial charge < -0.3 is 19.1 Å². The van der Waals surface area contributed by atoms with Gasteiger partial charge in [0.15, 0.2) is 5.76 Å². The number of rotatable bonds is 6. The fourth-order valence-corrected chi connectivity index (χ4v) is 2.56. The molecule has 0 saturated heterocycles. The van der Waals surface area contributed by atoms with Crippen molar-refractivity contribution < 1.29 is 14.1 Å². The van der Waals surface area contributed by atoms with Gasteiger partial charge in [0.1, 0.15) is 0 Å². The number of carbonyl (C=O) groups excluding carboxylic acids is 1. The Morgan fingerprint density at radius 1 is 1.39 bits per heavy atom. The van der Waals surface area contributed by atoms with Crippen LogP contribution >= 0.6 is 0 Å². The molecular weight excluding hydrogens is 294 g/mol. The third-order valence-electron chi connectivity index (χ3n) is 3.67. The number of nitrogens with one attached hydrogen (secondary N) is 1. The molecule has 1 amide bonds. The average Bonchev–Trinajstić information content (AvgIpc) is 3.14. The monoisotopic (exact) mass is 313 g/mol. The molecule has 0 saturated carbocycles. The van der Waals surface area contributed by atoms with E-state index in [4.69, 9.17) is 9.26 Å². The summed E-state index contributed by atoms with van der Waals surface area (Å²) in [4.78, 5) is 12.5. The first kappa shape index (κ1) is 15.3. The number of nitrogens with zero attached hydrogens (tertiary/aromatic N) is 2. The van der Waals surface area contributed by atoms with E-state index in [1.54, 1.807) is 7.11 Å². The van der Waals surface area contributed by atoms with Crippen LogP contribution in [-0.4, -0.2) is 29.3 Å². The lowest BCUT2D eigenvalue weighted by Gasteiger charge is -2.03. The quantitative estimate of drug-likeness (QED) is 0.759. The zero-order valence-corrected chi connectivity index (χ0v) is 13.2. The molecular formula is C17H19N3O3. The summed E-state index contributed by atoms with van der Waals surface area (Å²) in [6.45, 7) is 3.46. The van der Waals surface area contributed by atoms with Gasteiger partial charge in [-0.15, -0.1) is 0 Å². The zero-order valence-electron chi connectivity index (χ0n) is 13.2. The Morgan fingerprint density at radius 3 is 2.96 bits per heavy atom. The van der Waals surface area contributed by atoms with Crippen molar-refractivity contribution in [3.63, 3.8) is 0 Å². The third-order valence-corrected chi connectivity index (χ3v) is 3.67. The van der Waals surface area contributed by atoms with Gasteiger partial charge in [-0.1, -0.05) is 23.4 Å². The first-order valence-electron chi connectivity index (χ1n) is 7.46. The van der Waals surface area contributed by atoms with Crippen LogP contribution in [0.5, 0.6) is 0 Å². The summed E-state index contributed by atoms with van der Waals surface area (Å²) in [7, 11) is 1.67. The minimum Gasteiger partial charge on any atom is -0.383 e. The molecule has 120 valence electrons. The molecule has 0 aliphatic heterocycles. The molecule has 0 bridgehead atoms. The molecule has 0 radical (unpaired) electrons. The second-order valence-electron chi connectivity index (χ2n) is 5.36. The molecule has 0 fully saturated rings. The van der Waals surface area contributed by atoms with E-state index in [9.17, 15) is 4.79 Å². The molecule has 3 rings (SSSR count). The van der Waals surface area contributed by atoms with E-state index >= 15 is 0 Å². The molecule has 1 aromatic carbocycles. The number of ether oxygens (including phenoxy) is 1. The molecule has 0 spiro atoms. The van der Waals surface area contributed by atoms with Crippen LogP contribution in [0.1, 0.15) is 21.8 Å². The minimum atomic E-state index is -0.133. The van der Waals surface area contributed by atoms with Crippen molar-refractivity contribution in [3.05, 3.63) is 53.5 Å². The molecule has 6 heteroatoms. The molecule has 0 atom stereocenters. The Bertz CT molecular complexity index is 819. The highest BCUT2D eigenvalue weighted by Crippen LogP contribution is 2.21. The number of carbonyl (C=O) groups is 1. The summed E-state index contributed by atoms with van der Waals surface area (Å²) in [6.07, 6.45) is 1.87. The maximum Gasteiger partial charge on any atom is 0.253 e. The SMILES string of the molecule is COCCn1cc(C(=O)NCc2cc(C)no2)c2ccccc21. The lowest BCUT2D eigenvalue weighted by atomic mass is 10.1. The van der Waals surface area contributed by atoms with Crippen LogP contribution < -0.4 is 5.32 Å². The van der Waals surface area contributed by atoms with Crippen LogP contribution in [0.15, 0.2) is 41.1 Å². The van der Waals surface area contributed by atoms with Crippen LogP contribution in [0, 0.1) is 6.92 Å². The number of hydrogen-bond acceptors (Lipinski definition) is 4. The number of fused-ring (bicyclic) bond motifs is 1. The second kappa shape index (κ2) is 6.66. The van der Waals surface area contributed by atoms with Gasteiger partial charge in [0, 0.05) is 36.8 Å². The molecule has 0 aliphatic carbocycles. The number of methoxy groups -OCH3 is 1. The summed E-state index contributed by atoms with van der Waals surface area (Å²) in [5.41, 5.74) is 2.46. The van der Waals surface area contributed by atoms with E-state index in [0.29, 0.717) is 31.0 Å². The fourth-order valence-electron chi connectivity index (χ4n) is 2.56. The number of hydrogen-bond donors (Lipinski definition) is 1. The maximum absolute atomic E-state index is 12.5. The van der Waals surface area contributed by atoms with E-state index in [0.717, 1.165) is 16.6 Å². The molecule has 1 N–H and O–H groups in total. The van der Waals surface area contributed by atoms with Crippen LogP contribution in [0.4, 0.5) is 0 Å². The van der Waals surface area contributed by atoms with Crippen molar-refractivity contribution >= 4 is 16.8 Å². The van der Waals surface area contributed by atoms with Crippen molar-refractivity contribution in [3.8, 4) is 0 Å². The molecule has 2 aromatic heterocycles. The number of aryl methyl sites for hydroxylation is 1. The topological polar surface area (TPSA) is 69.3 Å². The van der Waals surface area contributed by atoms with E-state index in [1.807, 2.05) is 48.0 Å². The highest BCUT2D eigenvalue weighted by molar-refractivity contribution is 6.06. The minimum absolute atomic E-state index is 0.133. The van der Waals surface area contributed by atoms with Crippen molar-refractivity contribution in [1.82, 2.24) is 15.0 Å². The predicted molar refractivity (Wildman–Crippen MR) is 86.2 cm³/mol. The zero-order chi connectivity index (χ0) is 16.2. The molecule has 3 aromatic rings. The normalized spacial score (nSPS) is 11.0. The second-order valence-corrected chi connectivity index (χ2v) is 5.36. The lowest BCUT2D eigenvalue weighted by Crippen LogP contribution is -2.22. The van der Waals surface area contributed by atoms with Crippen LogP contribution in [-0.2, 0) is 17.8 Å². The summed E-state index contributed by atoms with van der Waals surface area (Å²) in [6, 6.07) is 9.65. The van der Waals surface area contributed by atoms with Crippen LogP contribution in [0.3, 0.4) is 0 Å². The van der Waals surface area contributed by atoms with Gasteiger partial charge in [-0.25, -0.2) is 0 Å². The molecule has 2 heterocycles. The Balaban J connectivity index is 1.82. The largest absolute Gasteiger partial charge is 0.383 e. The number of amides is 1. The highest BCUT2D eigenvalue weighted by Gasteiger charge is 2.15. The van der Waals surface area contributed by atoms with Gasteiger partial charge in [-0.2, -0.15) is 0 Å². The summed E-state index contributed by atoms with van der Waals surface area (Å²) in [5, 5.41) is 7.61. The van der Waals surface area contributed by atoms with Crippen LogP contribution in [0.25, 0.3) is 10.9 Å². The van der Waals surface area contributed by atoms with Gasteiger partial charge in [0.05, 0.1) is 24.4 Å². The standard InChI is InChI=1S/C17H19N3O3/c1-12-9-13(23-19-12)10-18-17(21)15-11-20(7-8-22-2)16-6-4-3-5-14(15)16/h3-6,9,11H,7-8,10H2,1-2H3,(H,18,21). The first-order chi connectivity index (χ1) is 11.2. The van der Waals surface area contributed by atoms with Crippen molar-refractivity contribution in [2.45, 2.75) is 20.0 Å². The molecule has 23 heavy (non-hydrogen) atoms. The van der Waals surface area contributed by atoms with Crippen molar-refractivity contribution in [2.75, 3.05) is 13.7 Å². The van der Waals surface area contributed by atoms with Gasteiger partial charge in [-0.3, -0.25) is 4.79 Å². The summed E-state index contributed by atoms with van der Waals surface area (Å²) < 4.78 is 12.3. The maximum atomic E-state index is 12.5. The highest BCUT2D eigenvalue weighted by atomic mass is 16.5. The summed E-state index contributed by atoms with van der Waals surface area (Å²) >= 11 is 0. The first-order valence-corrected chi connectivity index (χ1v) is 7.46. The predicted octanol–water partition coefficient (Wildman–Crippen LogP) is 2.51. The third kappa shape index (κ3) is 3.27. The average molecular weight is 313 g/mol. The number of para-hydroxylation sites is 1. The molecule has 0 unspecified atom stereocenters. The van der Waals surface area contributed by atoms with E-state index in [2.05, 4.69) is 10.5 Å². The molecule has 6 nitrogen and oxygen atoms in total. The Morgan fingerprint density at radius 2 is 2.22 bits per heavy atom. The fraction of sp³-hybridized carbons (Fsp3) is 0.294. The van der Waals surface area contributed by atoms with Gasteiger partial charge >= 0.3 is 0 Å².